The first-order chi connectivity index (χ1) is 13.2. The van der Waals surface area contributed by atoms with Crippen LogP contribution in [0.2, 0.25) is 0 Å². The van der Waals surface area contributed by atoms with Gasteiger partial charge in [0.05, 0.1) is 12.6 Å². The molecule has 0 radical (unpaired) electrons. The molecule has 2 aliphatic heterocycles. The molecule has 0 bridgehead atoms. The van der Waals surface area contributed by atoms with Crippen LogP contribution in [-0.2, 0) is 28.7 Å². The Morgan fingerprint density at radius 2 is 1.79 bits per heavy atom. The quantitative estimate of drug-likeness (QED) is 0.408. The summed E-state index contributed by atoms with van der Waals surface area (Å²) >= 11 is 0. The first-order valence-corrected chi connectivity index (χ1v) is 9.40. The number of rotatable bonds is 8. The Kier molecular flexibility index (Phi) is 7.45. The topological polar surface area (TPSA) is 104 Å². The Labute approximate surface area is 164 Å². The van der Waals surface area contributed by atoms with Crippen LogP contribution in [0.4, 0.5) is 0 Å². The fourth-order valence-corrected chi connectivity index (χ4v) is 3.10. The zero-order valence-electron chi connectivity index (χ0n) is 16.6. The summed E-state index contributed by atoms with van der Waals surface area (Å²) in [6.45, 7) is 6.58. The molecular weight excluding hydrogens is 366 g/mol. The monoisotopic (exact) mass is 393 g/mol. The molecule has 2 heterocycles. The van der Waals surface area contributed by atoms with Crippen molar-refractivity contribution in [2.24, 2.45) is 5.92 Å². The van der Waals surface area contributed by atoms with Crippen LogP contribution in [0.3, 0.4) is 0 Å². The molecule has 1 saturated heterocycles. The van der Waals surface area contributed by atoms with Crippen molar-refractivity contribution in [2.45, 2.75) is 33.2 Å². The van der Waals surface area contributed by atoms with Crippen LogP contribution < -0.4 is 0 Å². The van der Waals surface area contributed by atoms with Crippen molar-refractivity contribution in [3.63, 3.8) is 0 Å². The lowest BCUT2D eigenvalue weighted by molar-refractivity contribution is -0.145. The standard InChI is InChI=1S/C19H27N3O6/c1-13(2)16(24)11-20-8-9-21(10-15(20)12-28-14(3)23)17(25)6-7-22-18(26)4-5-19(22)27/h4-5,13,15H,6-12H2,1-3H3. The van der Waals surface area contributed by atoms with Crippen molar-refractivity contribution >= 4 is 29.5 Å². The van der Waals surface area contributed by atoms with Gasteiger partial charge in [0.25, 0.3) is 11.8 Å². The second-order valence-corrected chi connectivity index (χ2v) is 7.30. The van der Waals surface area contributed by atoms with Crippen molar-refractivity contribution in [2.75, 3.05) is 39.3 Å². The predicted molar refractivity (Wildman–Crippen MR) is 98.9 cm³/mol. The fourth-order valence-electron chi connectivity index (χ4n) is 3.10. The highest BCUT2D eigenvalue weighted by Crippen LogP contribution is 2.14. The van der Waals surface area contributed by atoms with E-state index in [0.29, 0.717) is 19.6 Å². The number of esters is 1. The Morgan fingerprint density at radius 1 is 1.14 bits per heavy atom. The molecule has 9 nitrogen and oxygen atoms in total. The van der Waals surface area contributed by atoms with Gasteiger partial charge in [0.1, 0.15) is 12.4 Å². The van der Waals surface area contributed by atoms with Crippen molar-refractivity contribution < 1.29 is 28.7 Å². The van der Waals surface area contributed by atoms with Gasteiger partial charge in [0.15, 0.2) is 0 Å². The van der Waals surface area contributed by atoms with Gasteiger partial charge < -0.3 is 9.64 Å². The van der Waals surface area contributed by atoms with Crippen molar-refractivity contribution in [1.82, 2.24) is 14.7 Å². The lowest BCUT2D eigenvalue weighted by Gasteiger charge is -2.41. The van der Waals surface area contributed by atoms with Crippen LogP contribution in [0.1, 0.15) is 27.2 Å². The minimum atomic E-state index is -0.419. The molecule has 154 valence electrons. The fraction of sp³-hybridized carbons (Fsp3) is 0.632. The maximum absolute atomic E-state index is 12.6. The SMILES string of the molecule is CC(=O)OCC1CN(C(=O)CCN2C(=O)C=CC2=O)CCN1CC(=O)C(C)C. The molecule has 0 aromatic carbocycles. The molecule has 3 amide bonds. The van der Waals surface area contributed by atoms with Gasteiger partial charge >= 0.3 is 5.97 Å². The number of imide groups is 1. The highest BCUT2D eigenvalue weighted by Gasteiger charge is 2.32. The largest absolute Gasteiger partial charge is 0.464 e. The molecule has 9 heteroatoms. The first kappa shape index (κ1) is 21.7. The van der Waals surface area contributed by atoms with E-state index in [-0.39, 0.29) is 49.8 Å². The smallest absolute Gasteiger partial charge is 0.302 e. The zero-order valence-corrected chi connectivity index (χ0v) is 16.6. The van der Waals surface area contributed by atoms with Gasteiger partial charge in [-0.25, -0.2) is 0 Å². The van der Waals surface area contributed by atoms with Crippen molar-refractivity contribution in [3.05, 3.63) is 12.2 Å². The van der Waals surface area contributed by atoms with Gasteiger partial charge in [-0.05, 0) is 0 Å². The number of Topliss-reactive ketones (excluding diaryl/α,β-unsaturated/α-hetero) is 1. The summed E-state index contributed by atoms with van der Waals surface area (Å²) in [5.74, 6) is -1.44. The van der Waals surface area contributed by atoms with Gasteiger partial charge in [-0.1, -0.05) is 13.8 Å². The van der Waals surface area contributed by atoms with E-state index in [1.165, 1.54) is 19.1 Å². The van der Waals surface area contributed by atoms with Crippen LogP contribution in [0.15, 0.2) is 12.2 Å². The summed E-state index contributed by atoms with van der Waals surface area (Å²) in [6, 6.07) is -0.277. The van der Waals surface area contributed by atoms with Crippen LogP contribution in [0.25, 0.3) is 0 Å². The molecule has 0 aromatic heterocycles. The summed E-state index contributed by atoms with van der Waals surface area (Å²) in [5.41, 5.74) is 0. The average Bonchev–Trinajstić information content (AvgIpc) is 2.96. The van der Waals surface area contributed by atoms with E-state index >= 15 is 0 Å². The molecule has 2 rings (SSSR count). The van der Waals surface area contributed by atoms with E-state index in [9.17, 15) is 24.0 Å². The predicted octanol–water partition coefficient (Wildman–Crippen LogP) is -0.397. The number of ether oxygens (including phenoxy) is 1. The maximum atomic E-state index is 12.6. The molecule has 0 aromatic rings. The summed E-state index contributed by atoms with van der Waals surface area (Å²) < 4.78 is 5.12. The number of ketones is 1. The number of nitrogens with zero attached hydrogens (tertiary/aromatic N) is 3. The van der Waals surface area contributed by atoms with Gasteiger partial charge in [-0.3, -0.25) is 33.8 Å². The van der Waals surface area contributed by atoms with E-state index < -0.39 is 17.8 Å². The molecule has 2 aliphatic rings. The van der Waals surface area contributed by atoms with E-state index in [1.807, 2.05) is 18.7 Å². The Morgan fingerprint density at radius 3 is 2.36 bits per heavy atom. The van der Waals surface area contributed by atoms with E-state index in [2.05, 4.69) is 0 Å². The Balaban J connectivity index is 1.94. The summed E-state index contributed by atoms with van der Waals surface area (Å²) in [6.07, 6.45) is 2.41. The highest BCUT2D eigenvalue weighted by atomic mass is 16.5. The average molecular weight is 393 g/mol. The first-order valence-electron chi connectivity index (χ1n) is 9.40. The Hall–Kier alpha value is -2.55. The summed E-state index contributed by atoms with van der Waals surface area (Å²) in [7, 11) is 0. The number of amides is 3. The highest BCUT2D eigenvalue weighted by molar-refractivity contribution is 6.13. The molecule has 0 spiro atoms. The second kappa shape index (κ2) is 9.59. The maximum Gasteiger partial charge on any atom is 0.302 e. The van der Waals surface area contributed by atoms with Gasteiger partial charge in [-0.2, -0.15) is 0 Å². The third-order valence-corrected chi connectivity index (χ3v) is 4.89. The number of hydrogen-bond donors (Lipinski definition) is 0. The number of hydrogen-bond acceptors (Lipinski definition) is 7. The zero-order chi connectivity index (χ0) is 20.8. The third kappa shape index (κ3) is 5.72. The van der Waals surface area contributed by atoms with Crippen LogP contribution in [0.5, 0.6) is 0 Å². The van der Waals surface area contributed by atoms with Gasteiger partial charge in [0, 0.05) is 57.6 Å². The lowest BCUT2D eigenvalue weighted by Crippen LogP contribution is -2.58. The minimum absolute atomic E-state index is 0.0319. The number of carbonyl (C=O) groups is 5. The molecule has 1 fully saturated rings. The lowest BCUT2D eigenvalue weighted by atomic mass is 10.1. The van der Waals surface area contributed by atoms with E-state index in [1.54, 1.807) is 4.90 Å². The number of carbonyl (C=O) groups excluding carboxylic acids is 5. The molecule has 0 aliphatic carbocycles. The van der Waals surface area contributed by atoms with Crippen LogP contribution >= 0.6 is 0 Å². The summed E-state index contributed by atoms with van der Waals surface area (Å²) in [5, 5.41) is 0. The van der Waals surface area contributed by atoms with Crippen LogP contribution in [0, 0.1) is 5.92 Å². The molecule has 0 N–H and O–H groups in total. The van der Waals surface area contributed by atoms with Crippen LogP contribution in [-0.4, -0.2) is 89.5 Å². The minimum Gasteiger partial charge on any atom is -0.464 e. The molecule has 0 saturated carbocycles. The van der Waals surface area contributed by atoms with Crippen molar-refractivity contribution in [1.29, 1.82) is 0 Å². The second-order valence-electron chi connectivity index (χ2n) is 7.30. The van der Waals surface area contributed by atoms with Gasteiger partial charge in [0.2, 0.25) is 5.91 Å². The molecular formula is C19H27N3O6. The summed E-state index contributed by atoms with van der Waals surface area (Å²) in [4.78, 5) is 63.6. The number of piperazine rings is 1. The molecule has 28 heavy (non-hydrogen) atoms. The Bertz CT molecular complexity index is 669. The van der Waals surface area contributed by atoms with E-state index in [4.69, 9.17) is 4.74 Å². The molecule has 1 atom stereocenters. The van der Waals surface area contributed by atoms with Crippen molar-refractivity contribution in [3.8, 4) is 0 Å². The third-order valence-electron chi connectivity index (χ3n) is 4.89. The normalized spacial score (nSPS) is 20.2. The van der Waals surface area contributed by atoms with E-state index in [0.717, 1.165) is 4.90 Å². The molecule has 1 unspecified atom stereocenters. The van der Waals surface area contributed by atoms with Gasteiger partial charge in [-0.15, -0.1) is 0 Å².